The molecule has 1 aromatic rings. The summed E-state index contributed by atoms with van der Waals surface area (Å²) in [6.07, 6.45) is 0.0443. The Morgan fingerprint density at radius 1 is 1.28 bits per heavy atom. The van der Waals surface area contributed by atoms with E-state index in [4.69, 9.17) is 9.47 Å². The van der Waals surface area contributed by atoms with Gasteiger partial charge in [0.25, 0.3) is 5.91 Å². The van der Waals surface area contributed by atoms with Crippen molar-refractivity contribution >= 4 is 27.7 Å². The minimum absolute atomic E-state index is 0.258. The van der Waals surface area contributed by atoms with Crippen molar-refractivity contribution in [1.82, 2.24) is 5.32 Å². The number of rotatable bonds is 3. The van der Waals surface area contributed by atoms with Crippen molar-refractivity contribution in [2.24, 2.45) is 0 Å². The highest BCUT2D eigenvalue weighted by Gasteiger charge is 2.28. The Morgan fingerprint density at radius 3 is 2.67 bits per heavy atom. The molecule has 1 saturated heterocycles. The van der Waals surface area contributed by atoms with Crippen LogP contribution in [0, 0.1) is 0 Å². The van der Waals surface area contributed by atoms with Crippen LogP contribution in [0.4, 0.5) is 0 Å². The van der Waals surface area contributed by atoms with Crippen LogP contribution in [-0.2, 0) is 9.59 Å². The third-order valence-corrected chi connectivity index (χ3v) is 3.01. The number of nitrogens with one attached hydrogen (secondary N) is 1. The summed E-state index contributed by atoms with van der Waals surface area (Å²) in [4.78, 5) is 22.6. The molecule has 0 saturated carbocycles. The second-order valence-electron chi connectivity index (χ2n) is 3.88. The van der Waals surface area contributed by atoms with Crippen LogP contribution >= 0.6 is 15.9 Å². The highest BCUT2D eigenvalue weighted by molar-refractivity contribution is 9.10. The van der Waals surface area contributed by atoms with E-state index in [-0.39, 0.29) is 5.91 Å². The number of piperidine rings is 1. The van der Waals surface area contributed by atoms with Crippen LogP contribution in [0.15, 0.2) is 22.7 Å². The quantitative estimate of drug-likeness (QED) is 0.862. The highest BCUT2D eigenvalue weighted by Crippen LogP contribution is 2.27. The molecule has 1 aromatic carbocycles. The summed E-state index contributed by atoms with van der Waals surface area (Å²) in [5.74, 6) is 0.499. The summed E-state index contributed by atoms with van der Waals surface area (Å²) < 4.78 is 11.5. The van der Waals surface area contributed by atoms with Gasteiger partial charge in [-0.15, -0.1) is 0 Å². The summed E-state index contributed by atoms with van der Waals surface area (Å²) in [5, 5.41) is 2.25. The van der Waals surface area contributed by atoms with Crippen LogP contribution < -0.4 is 14.8 Å². The lowest BCUT2D eigenvalue weighted by molar-refractivity contribution is -0.138. The fraction of sp³-hybridized carbons (Fsp3) is 0.333. The number of halogens is 1. The number of benzene rings is 1. The van der Waals surface area contributed by atoms with Crippen LogP contribution in [0.25, 0.3) is 0 Å². The topological polar surface area (TPSA) is 64.6 Å². The summed E-state index contributed by atoms with van der Waals surface area (Å²) >= 11 is 3.33. The molecule has 2 amide bonds. The lowest BCUT2D eigenvalue weighted by Crippen LogP contribution is -2.46. The van der Waals surface area contributed by atoms with E-state index < -0.39 is 12.0 Å². The van der Waals surface area contributed by atoms with Gasteiger partial charge in [0.2, 0.25) is 5.91 Å². The number of methoxy groups -OCH3 is 1. The molecule has 0 radical (unpaired) electrons. The average Bonchev–Trinajstić information content (AvgIpc) is 2.32. The maximum absolute atomic E-state index is 11.5. The van der Waals surface area contributed by atoms with E-state index in [1.807, 2.05) is 0 Å². The monoisotopic (exact) mass is 313 g/mol. The Labute approximate surface area is 113 Å². The minimum Gasteiger partial charge on any atom is -0.497 e. The molecule has 1 unspecified atom stereocenters. The molecule has 1 N–H and O–H groups in total. The van der Waals surface area contributed by atoms with E-state index in [1.54, 1.807) is 25.3 Å². The normalized spacial score (nSPS) is 19.3. The number of imide groups is 1. The molecule has 96 valence electrons. The number of hydrogen-bond acceptors (Lipinski definition) is 4. The van der Waals surface area contributed by atoms with Gasteiger partial charge in [-0.2, -0.15) is 0 Å². The van der Waals surface area contributed by atoms with Crippen LogP contribution in [-0.4, -0.2) is 25.0 Å². The minimum atomic E-state index is -0.637. The summed E-state index contributed by atoms with van der Waals surface area (Å²) in [6, 6.07) is 5.22. The average molecular weight is 314 g/mol. The standard InChI is InChI=1S/C12H12BrNO4/c1-17-8-4-7(13)5-9(6-8)18-10-2-3-11(15)14-12(10)16/h4-6,10H,2-3H2,1H3,(H,14,15,16). The molecule has 2 rings (SSSR count). The second kappa shape index (κ2) is 5.39. The lowest BCUT2D eigenvalue weighted by atomic mass is 10.1. The zero-order valence-corrected chi connectivity index (χ0v) is 11.3. The van der Waals surface area contributed by atoms with Crippen molar-refractivity contribution in [2.75, 3.05) is 7.11 Å². The number of carbonyl (C=O) groups is 2. The number of carbonyl (C=O) groups excluding carboxylic acids is 2. The molecular weight excluding hydrogens is 302 g/mol. The molecular formula is C12H12BrNO4. The Kier molecular flexibility index (Phi) is 3.86. The predicted molar refractivity (Wildman–Crippen MR) is 67.5 cm³/mol. The zero-order chi connectivity index (χ0) is 13.1. The molecule has 5 nitrogen and oxygen atoms in total. The van der Waals surface area contributed by atoms with Gasteiger partial charge in [0.15, 0.2) is 6.10 Å². The van der Waals surface area contributed by atoms with Gasteiger partial charge >= 0.3 is 0 Å². The molecule has 1 atom stereocenters. The molecule has 0 spiro atoms. The SMILES string of the molecule is COc1cc(Br)cc(OC2CCC(=O)NC2=O)c1. The van der Waals surface area contributed by atoms with Crippen molar-refractivity contribution in [3.8, 4) is 11.5 Å². The van der Waals surface area contributed by atoms with Gasteiger partial charge in [-0.3, -0.25) is 14.9 Å². The fourth-order valence-electron chi connectivity index (χ4n) is 1.67. The van der Waals surface area contributed by atoms with E-state index in [9.17, 15) is 9.59 Å². The van der Waals surface area contributed by atoms with Gasteiger partial charge in [-0.25, -0.2) is 0 Å². The molecule has 1 fully saturated rings. The number of hydrogen-bond donors (Lipinski definition) is 1. The van der Waals surface area contributed by atoms with E-state index in [0.717, 1.165) is 4.47 Å². The van der Waals surface area contributed by atoms with Crippen LogP contribution in [0.2, 0.25) is 0 Å². The Hall–Kier alpha value is -1.56. The van der Waals surface area contributed by atoms with Crippen LogP contribution in [0.5, 0.6) is 11.5 Å². The smallest absolute Gasteiger partial charge is 0.267 e. The highest BCUT2D eigenvalue weighted by atomic mass is 79.9. The van der Waals surface area contributed by atoms with Crippen molar-refractivity contribution in [3.63, 3.8) is 0 Å². The van der Waals surface area contributed by atoms with Gasteiger partial charge in [0.1, 0.15) is 11.5 Å². The van der Waals surface area contributed by atoms with Gasteiger partial charge in [-0.1, -0.05) is 15.9 Å². The predicted octanol–water partition coefficient (Wildman–Crippen LogP) is 1.64. The maximum atomic E-state index is 11.5. The molecule has 0 bridgehead atoms. The summed E-state index contributed by atoms with van der Waals surface area (Å²) in [5.41, 5.74) is 0. The largest absolute Gasteiger partial charge is 0.497 e. The molecule has 1 aliphatic rings. The van der Waals surface area contributed by atoms with Crippen molar-refractivity contribution in [1.29, 1.82) is 0 Å². The van der Waals surface area contributed by atoms with Crippen LogP contribution in [0.1, 0.15) is 12.8 Å². The molecule has 1 heterocycles. The van der Waals surface area contributed by atoms with E-state index in [0.29, 0.717) is 24.3 Å². The van der Waals surface area contributed by atoms with E-state index >= 15 is 0 Å². The van der Waals surface area contributed by atoms with Crippen molar-refractivity contribution in [2.45, 2.75) is 18.9 Å². The molecule has 0 aliphatic carbocycles. The van der Waals surface area contributed by atoms with Gasteiger partial charge < -0.3 is 9.47 Å². The first-order valence-corrected chi connectivity index (χ1v) is 6.22. The molecule has 0 aromatic heterocycles. The van der Waals surface area contributed by atoms with Gasteiger partial charge in [-0.05, 0) is 12.1 Å². The molecule has 6 heteroatoms. The second-order valence-corrected chi connectivity index (χ2v) is 4.80. The summed E-state index contributed by atoms with van der Waals surface area (Å²) in [6.45, 7) is 0. The third-order valence-electron chi connectivity index (χ3n) is 2.55. The molecule has 18 heavy (non-hydrogen) atoms. The van der Waals surface area contributed by atoms with Crippen LogP contribution in [0.3, 0.4) is 0 Å². The Balaban J connectivity index is 2.11. The fourth-order valence-corrected chi connectivity index (χ4v) is 2.12. The Bertz CT molecular complexity index is 489. The first-order valence-electron chi connectivity index (χ1n) is 5.43. The maximum Gasteiger partial charge on any atom is 0.267 e. The van der Waals surface area contributed by atoms with E-state index in [1.165, 1.54) is 0 Å². The molecule has 1 aliphatic heterocycles. The Morgan fingerprint density at radius 2 is 2.00 bits per heavy atom. The van der Waals surface area contributed by atoms with Gasteiger partial charge in [0.05, 0.1) is 7.11 Å². The number of amides is 2. The number of ether oxygens (including phenoxy) is 2. The first-order chi connectivity index (χ1) is 8.58. The summed E-state index contributed by atoms with van der Waals surface area (Å²) in [7, 11) is 1.55. The van der Waals surface area contributed by atoms with Crippen molar-refractivity contribution in [3.05, 3.63) is 22.7 Å². The van der Waals surface area contributed by atoms with Crippen molar-refractivity contribution < 1.29 is 19.1 Å². The zero-order valence-electron chi connectivity index (χ0n) is 9.73. The van der Waals surface area contributed by atoms with E-state index in [2.05, 4.69) is 21.2 Å². The first kappa shape index (κ1) is 12.9. The third kappa shape index (κ3) is 3.01. The lowest BCUT2D eigenvalue weighted by Gasteiger charge is -2.22. The van der Waals surface area contributed by atoms with Gasteiger partial charge in [0, 0.05) is 23.4 Å².